The molecule has 3 aromatic rings. The Morgan fingerprint density at radius 1 is 1.37 bits per heavy atom. The summed E-state index contributed by atoms with van der Waals surface area (Å²) in [5.74, 6) is 0.876. The maximum atomic E-state index is 6.24. The van der Waals surface area contributed by atoms with Crippen LogP contribution in [0.1, 0.15) is 27.9 Å². The lowest BCUT2D eigenvalue weighted by Gasteiger charge is -2.08. The minimum absolute atomic E-state index is 0.129. The van der Waals surface area contributed by atoms with Gasteiger partial charge < -0.3 is 4.57 Å². The van der Waals surface area contributed by atoms with Gasteiger partial charge in [0.15, 0.2) is 5.65 Å². The molecule has 0 saturated carbocycles. The summed E-state index contributed by atoms with van der Waals surface area (Å²) >= 11 is 8.04. The van der Waals surface area contributed by atoms with Crippen molar-refractivity contribution in [3.8, 4) is 0 Å². The summed E-state index contributed by atoms with van der Waals surface area (Å²) in [7, 11) is 0. The molecule has 0 spiro atoms. The van der Waals surface area contributed by atoms with Crippen molar-refractivity contribution in [1.29, 1.82) is 0 Å². The summed E-state index contributed by atoms with van der Waals surface area (Å²) in [5.41, 5.74) is 1.80. The summed E-state index contributed by atoms with van der Waals surface area (Å²) in [4.78, 5) is 11.6. The van der Waals surface area contributed by atoms with Gasteiger partial charge in [-0.1, -0.05) is 0 Å². The minimum atomic E-state index is -0.129. The molecular formula is C14H14ClN3S. The van der Waals surface area contributed by atoms with E-state index in [4.69, 9.17) is 11.6 Å². The van der Waals surface area contributed by atoms with Crippen LogP contribution in [-0.2, 0) is 6.54 Å². The van der Waals surface area contributed by atoms with E-state index in [2.05, 4.69) is 33.6 Å². The first kappa shape index (κ1) is 12.6. The van der Waals surface area contributed by atoms with Gasteiger partial charge in [0.1, 0.15) is 11.3 Å². The third-order valence-electron chi connectivity index (χ3n) is 3.00. The second kappa shape index (κ2) is 4.94. The van der Waals surface area contributed by atoms with E-state index in [0.717, 1.165) is 23.5 Å². The average molecular weight is 292 g/mol. The Hall–Kier alpha value is -1.39. The quantitative estimate of drug-likeness (QED) is 0.679. The third-order valence-corrected chi connectivity index (χ3v) is 4.18. The van der Waals surface area contributed by atoms with Crippen LogP contribution in [0.2, 0.25) is 0 Å². The van der Waals surface area contributed by atoms with Gasteiger partial charge in [-0.15, -0.1) is 22.9 Å². The van der Waals surface area contributed by atoms with Crippen LogP contribution in [0.25, 0.3) is 11.2 Å². The van der Waals surface area contributed by atoms with Crippen LogP contribution in [-0.4, -0.2) is 14.5 Å². The molecule has 98 valence electrons. The highest BCUT2D eigenvalue weighted by molar-refractivity contribution is 7.11. The first-order valence-corrected chi connectivity index (χ1v) is 7.41. The second-order valence-electron chi connectivity index (χ2n) is 4.53. The van der Waals surface area contributed by atoms with Crippen molar-refractivity contribution in [2.24, 2.45) is 0 Å². The number of hydrogen-bond acceptors (Lipinski definition) is 3. The highest BCUT2D eigenvalue weighted by atomic mass is 35.5. The zero-order valence-corrected chi connectivity index (χ0v) is 12.4. The number of alkyl halides is 1. The van der Waals surface area contributed by atoms with Crippen molar-refractivity contribution in [3.63, 3.8) is 0 Å². The Labute approximate surface area is 120 Å². The predicted molar refractivity (Wildman–Crippen MR) is 80.0 cm³/mol. The molecule has 19 heavy (non-hydrogen) atoms. The predicted octanol–water partition coefficient (Wildman–Crippen LogP) is 4.15. The molecule has 1 atom stereocenters. The molecular weight excluding hydrogens is 278 g/mol. The summed E-state index contributed by atoms with van der Waals surface area (Å²) in [6.07, 6.45) is 1.79. The van der Waals surface area contributed by atoms with Crippen LogP contribution in [0.3, 0.4) is 0 Å². The van der Waals surface area contributed by atoms with Gasteiger partial charge in [0.25, 0.3) is 0 Å². The van der Waals surface area contributed by atoms with E-state index in [9.17, 15) is 0 Å². The van der Waals surface area contributed by atoms with Gasteiger partial charge in [0.2, 0.25) is 0 Å². The average Bonchev–Trinajstić information content (AvgIpc) is 2.95. The number of aryl methyl sites for hydroxylation is 1. The molecule has 3 aromatic heterocycles. The number of fused-ring (bicyclic) bond motifs is 1. The van der Waals surface area contributed by atoms with Crippen LogP contribution >= 0.6 is 22.9 Å². The Morgan fingerprint density at radius 2 is 2.21 bits per heavy atom. The fraction of sp³-hybridized carbons (Fsp3) is 0.286. The first-order chi connectivity index (χ1) is 9.15. The monoisotopic (exact) mass is 291 g/mol. The lowest BCUT2D eigenvalue weighted by atomic mass is 10.4. The fourth-order valence-corrected chi connectivity index (χ4v) is 3.21. The molecule has 0 fully saturated rings. The zero-order valence-electron chi connectivity index (χ0n) is 10.8. The molecule has 1 unspecified atom stereocenters. The summed E-state index contributed by atoms with van der Waals surface area (Å²) < 4.78 is 2.11. The number of thiophene rings is 1. The van der Waals surface area contributed by atoms with Crippen molar-refractivity contribution in [2.75, 3.05) is 0 Å². The highest BCUT2D eigenvalue weighted by Crippen LogP contribution is 2.26. The first-order valence-electron chi connectivity index (χ1n) is 6.15. The van der Waals surface area contributed by atoms with Gasteiger partial charge in [-0.2, -0.15) is 0 Å². The summed E-state index contributed by atoms with van der Waals surface area (Å²) in [6, 6.07) is 8.16. The topological polar surface area (TPSA) is 30.7 Å². The summed E-state index contributed by atoms with van der Waals surface area (Å²) in [5, 5.41) is -0.129. The van der Waals surface area contributed by atoms with Crippen LogP contribution < -0.4 is 0 Å². The molecule has 3 nitrogen and oxygen atoms in total. The van der Waals surface area contributed by atoms with Gasteiger partial charge in [-0.25, -0.2) is 9.97 Å². The highest BCUT2D eigenvalue weighted by Gasteiger charge is 2.16. The molecule has 0 saturated heterocycles. The second-order valence-corrected chi connectivity index (χ2v) is 6.56. The van der Waals surface area contributed by atoms with Crippen LogP contribution in [0.5, 0.6) is 0 Å². The molecule has 0 N–H and O–H groups in total. The molecule has 0 aliphatic rings. The maximum absolute atomic E-state index is 6.24. The van der Waals surface area contributed by atoms with Crippen molar-refractivity contribution in [1.82, 2.24) is 14.5 Å². The number of rotatable bonds is 3. The molecule has 0 bridgehead atoms. The van der Waals surface area contributed by atoms with Crippen LogP contribution in [0.4, 0.5) is 0 Å². The molecule has 3 rings (SSSR count). The van der Waals surface area contributed by atoms with Gasteiger partial charge >= 0.3 is 0 Å². The third kappa shape index (κ3) is 2.38. The van der Waals surface area contributed by atoms with Gasteiger partial charge in [-0.05, 0) is 38.1 Å². The van der Waals surface area contributed by atoms with Gasteiger partial charge in [0, 0.05) is 16.0 Å². The van der Waals surface area contributed by atoms with E-state index in [0.29, 0.717) is 0 Å². The standard InChI is InChI=1S/C14H14ClN3S/c1-9-5-6-11(19-9)8-18-13(10(2)15)17-12-4-3-7-16-14(12)18/h3-7,10H,8H2,1-2H3. The number of aromatic nitrogens is 3. The van der Waals surface area contributed by atoms with E-state index in [-0.39, 0.29) is 5.38 Å². The van der Waals surface area contributed by atoms with E-state index in [1.807, 2.05) is 19.1 Å². The van der Waals surface area contributed by atoms with Crippen molar-refractivity contribution < 1.29 is 0 Å². The smallest absolute Gasteiger partial charge is 0.160 e. The van der Waals surface area contributed by atoms with Crippen molar-refractivity contribution in [3.05, 3.63) is 46.0 Å². The molecule has 3 heterocycles. The minimum Gasteiger partial charge on any atom is -0.306 e. The maximum Gasteiger partial charge on any atom is 0.160 e. The van der Waals surface area contributed by atoms with Crippen molar-refractivity contribution >= 4 is 34.1 Å². The SMILES string of the molecule is Cc1ccc(Cn2c(C(C)Cl)nc3cccnc32)s1. The van der Waals surface area contributed by atoms with E-state index in [1.165, 1.54) is 9.75 Å². The number of hydrogen-bond donors (Lipinski definition) is 0. The number of halogens is 1. The van der Waals surface area contributed by atoms with Crippen molar-refractivity contribution in [2.45, 2.75) is 25.8 Å². The van der Waals surface area contributed by atoms with E-state index >= 15 is 0 Å². The van der Waals surface area contributed by atoms with Gasteiger partial charge in [-0.3, -0.25) is 0 Å². The molecule has 0 aromatic carbocycles. The Kier molecular flexibility index (Phi) is 3.29. The molecule has 5 heteroatoms. The van der Waals surface area contributed by atoms with Crippen LogP contribution in [0, 0.1) is 6.92 Å². The van der Waals surface area contributed by atoms with E-state index < -0.39 is 0 Å². The zero-order chi connectivity index (χ0) is 13.4. The number of pyridine rings is 1. The Morgan fingerprint density at radius 3 is 2.89 bits per heavy atom. The molecule has 0 aliphatic heterocycles. The van der Waals surface area contributed by atoms with Crippen LogP contribution in [0.15, 0.2) is 30.5 Å². The fourth-order valence-electron chi connectivity index (χ4n) is 2.16. The largest absolute Gasteiger partial charge is 0.306 e. The number of nitrogens with zero attached hydrogens (tertiary/aromatic N) is 3. The molecule has 0 aliphatic carbocycles. The lowest BCUT2D eigenvalue weighted by Crippen LogP contribution is -2.05. The lowest BCUT2D eigenvalue weighted by molar-refractivity contribution is 0.744. The molecule has 0 amide bonds. The Balaban J connectivity index is 2.12. The molecule has 0 radical (unpaired) electrons. The number of imidazole rings is 1. The Bertz CT molecular complexity index is 714. The summed E-state index contributed by atoms with van der Waals surface area (Å²) in [6.45, 7) is 4.83. The van der Waals surface area contributed by atoms with E-state index in [1.54, 1.807) is 17.5 Å². The van der Waals surface area contributed by atoms with Gasteiger partial charge in [0.05, 0.1) is 11.9 Å². The normalized spacial score (nSPS) is 13.0.